The van der Waals surface area contributed by atoms with Crippen LogP contribution in [0.5, 0.6) is 0 Å². The van der Waals surface area contributed by atoms with E-state index in [-0.39, 0.29) is 0 Å². The lowest BCUT2D eigenvalue weighted by atomic mass is 10.1. The highest BCUT2D eigenvalue weighted by molar-refractivity contribution is 9.10. The maximum atomic E-state index is 4.27. The molecular formula is C18H17BrN4. The lowest BCUT2D eigenvalue weighted by molar-refractivity contribution is 1.07. The van der Waals surface area contributed by atoms with Crippen LogP contribution >= 0.6 is 15.9 Å². The zero-order valence-corrected chi connectivity index (χ0v) is 14.3. The number of rotatable bonds is 5. The van der Waals surface area contributed by atoms with E-state index in [0.717, 1.165) is 28.3 Å². The van der Waals surface area contributed by atoms with Crippen molar-refractivity contribution in [3.8, 4) is 0 Å². The maximum Gasteiger partial charge on any atom is 0.135 e. The molecule has 23 heavy (non-hydrogen) atoms. The summed E-state index contributed by atoms with van der Waals surface area (Å²) >= 11 is 3.43. The van der Waals surface area contributed by atoms with Gasteiger partial charge in [0.2, 0.25) is 0 Å². The molecule has 2 N–H and O–H groups in total. The molecule has 0 atom stereocenters. The third-order valence-electron chi connectivity index (χ3n) is 3.50. The summed E-state index contributed by atoms with van der Waals surface area (Å²) in [7, 11) is 0. The van der Waals surface area contributed by atoms with E-state index in [4.69, 9.17) is 0 Å². The highest BCUT2D eigenvalue weighted by Gasteiger charge is 2.01. The first kappa shape index (κ1) is 15.5. The molecule has 0 saturated heterocycles. The molecule has 2 aromatic carbocycles. The van der Waals surface area contributed by atoms with Crippen molar-refractivity contribution in [1.82, 2.24) is 9.97 Å². The average Bonchev–Trinajstić information content (AvgIpc) is 2.57. The summed E-state index contributed by atoms with van der Waals surface area (Å²) in [5.41, 5.74) is 3.51. The topological polar surface area (TPSA) is 49.8 Å². The minimum Gasteiger partial charge on any atom is -0.366 e. The van der Waals surface area contributed by atoms with Gasteiger partial charge in [0.1, 0.15) is 18.0 Å². The largest absolute Gasteiger partial charge is 0.366 e. The smallest absolute Gasteiger partial charge is 0.135 e. The molecule has 5 heteroatoms. The molecular weight excluding hydrogens is 352 g/mol. The molecule has 0 bridgehead atoms. The summed E-state index contributed by atoms with van der Waals surface area (Å²) in [5, 5.41) is 6.61. The maximum absolute atomic E-state index is 4.27. The van der Waals surface area contributed by atoms with Gasteiger partial charge in [-0.15, -0.1) is 0 Å². The summed E-state index contributed by atoms with van der Waals surface area (Å²) in [6, 6.07) is 18.2. The molecule has 4 nitrogen and oxygen atoms in total. The molecule has 0 radical (unpaired) electrons. The van der Waals surface area contributed by atoms with Crippen molar-refractivity contribution >= 4 is 33.3 Å². The van der Waals surface area contributed by atoms with Crippen molar-refractivity contribution < 1.29 is 0 Å². The monoisotopic (exact) mass is 368 g/mol. The molecule has 0 spiro atoms. The standard InChI is InChI=1S/C18H17BrN4/c1-13-4-2-3-5-14(13)11-20-17-10-18(22-12-21-17)23-16-8-6-15(19)7-9-16/h2-10,12H,11H2,1H3,(H2,20,21,22,23). The second kappa shape index (κ2) is 7.24. The van der Waals surface area contributed by atoms with Gasteiger partial charge in [0.15, 0.2) is 0 Å². The summed E-state index contributed by atoms with van der Waals surface area (Å²) in [6.07, 6.45) is 1.56. The van der Waals surface area contributed by atoms with Crippen LogP contribution in [0.25, 0.3) is 0 Å². The van der Waals surface area contributed by atoms with Gasteiger partial charge in [0, 0.05) is 22.8 Å². The second-order valence-electron chi connectivity index (χ2n) is 5.20. The molecule has 1 aromatic heterocycles. The predicted octanol–water partition coefficient (Wildman–Crippen LogP) is 4.90. The molecule has 3 aromatic rings. The van der Waals surface area contributed by atoms with Crippen LogP contribution < -0.4 is 10.6 Å². The minimum absolute atomic E-state index is 0.738. The minimum atomic E-state index is 0.738. The third-order valence-corrected chi connectivity index (χ3v) is 4.03. The van der Waals surface area contributed by atoms with Gasteiger partial charge >= 0.3 is 0 Å². The highest BCUT2D eigenvalue weighted by atomic mass is 79.9. The van der Waals surface area contributed by atoms with Crippen LogP contribution in [-0.2, 0) is 6.54 Å². The summed E-state index contributed by atoms with van der Waals surface area (Å²) in [6.45, 7) is 2.85. The Morgan fingerprint density at radius 3 is 2.48 bits per heavy atom. The van der Waals surface area contributed by atoms with Crippen molar-refractivity contribution in [2.75, 3.05) is 10.6 Å². The normalized spacial score (nSPS) is 10.3. The molecule has 0 amide bonds. The van der Waals surface area contributed by atoms with Crippen LogP contribution in [0.3, 0.4) is 0 Å². The van der Waals surface area contributed by atoms with E-state index in [1.54, 1.807) is 6.33 Å². The fourth-order valence-electron chi connectivity index (χ4n) is 2.20. The molecule has 0 unspecified atom stereocenters. The van der Waals surface area contributed by atoms with E-state index < -0.39 is 0 Å². The van der Waals surface area contributed by atoms with Gasteiger partial charge in [0.25, 0.3) is 0 Å². The number of aromatic nitrogens is 2. The molecule has 3 rings (SSSR count). The Morgan fingerprint density at radius 1 is 0.957 bits per heavy atom. The summed E-state index contributed by atoms with van der Waals surface area (Å²) in [5.74, 6) is 1.55. The number of nitrogens with zero attached hydrogens (tertiary/aromatic N) is 2. The van der Waals surface area contributed by atoms with Gasteiger partial charge in [-0.1, -0.05) is 40.2 Å². The Kier molecular flexibility index (Phi) is 4.88. The van der Waals surface area contributed by atoms with E-state index in [2.05, 4.69) is 55.6 Å². The van der Waals surface area contributed by atoms with Crippen LogP contribution in [0.15, 0.2) is 65.4 Å². The van der Waals surface area contributed by atoms with E-state index in [1.807, 2.05) is 42.5 Å². The van der Waals surface area contributed by atoms with Crippen LogP contribution in [0, 0.1) is 6.92 Å². The summed E-state index contributed by atoms with van der Waals surface area (Å²) < 4.78 is 1.05. The van der Waals surface area contributed by atoms with Crippen molar-refractivity contribution in [2.24, 2.45) is 0 Å². The molecule has 1 heterocycles. The van der Waals surface area contributed by atoms with Gasteiger partial charge in [0.05, 0.1) is 0 Å². The van der Waals surface area contributed by atoms with Gasteiger partial charge in [-0.25, -0.2) is 9.97 Å². The average molecular weight is 369 g/mol. The number of hydrogen-bond donors (Lipinski definition) is 2. The Balaban J connectivity index is 1.67. The first-order chi connectivity index (χ1) is 11.2. The fourth-order valence-corrected chi connectivity index (χ4v) is 2.46. The third kappa shape index (κ3) is 4.29. The van der Waals surface area contributed by atoms with E-state index in [0.29, 0.717) is 0 Å². The van der Waals surface area contributed by atoms with Crippen LogP contribution in [0.4, 0.5) is 17.3 Å². The SMILES string of the molecule is Cc1ccccc1CNc1cc(Nc2ccc(Br)cc2)ncn1. The van der Waals surface area contributed by atoms with Crippen LogP contribution in [0.1, 0.15) is 11.1 Å². The van der Waals surface area contributed by atoms with Crippen molar-refractivity contribution in [1.29, 1.82) is 0 Å². The Morgan fingerprint density at radius 2 is 1.70 bits per heavy atom. The number of benzene rings is 2. The molecule has 0 saturated carbocycles. The number of halogens is 1. The van der Waals surface area contributed by atoms with Crippen molar-refractivity contribution in [2.45, 2.75) is 13.5 Å². The number of nitrogens with one attached hydrogen (secondary N) is 2. The molecule has 0 aliphatic rings. The second-order valence-corrected chi connectivity index (χ2v) is 6.12. The van der Waals surface area contributed by atoms with E-state index in [9.17, 15) is 0 Å². The molecule has 116 valence electrons. The predicted molar refractivity (Wildman–Crippen MR) is 98.0 cm³/mol. The fraction of sp³-hybridized carbons (Fsp3) is 0.111. The number of aryl methyl sites for hydroxylation is 1. The van der Waals surface area contributed by atoms with E-state index >= 15 is 0 Å². The Hall–Kier alpha value is -2.40. The lowest BCUT2D eigenvalue weighted by Crippen LogP contribution is -2.04. The zero-order chi connectivity index (χ0) is 16.1. The van der Waals surface area contributed by atoms with Gasteiger partial charge < -0.3 is 10.6 Å². The van der Waals surface area contributed by atoms with Crippen LogP contribution in [0.2, 0.25) is 0 Å². The van der Waals surface area contributed by atoms with E-state index in [1.165, 1.54) is 11.1 Å². The zero-order valence-electron chi connectivity index (χ0n) is 12.8. The Bertz CT molecular complexity index is 787. The summed E-state index contributed by atoms with van der Waals surface area (Å²) in [4.78, 5) is 8.53. The number of anilines is 3. The first-order valence-electron chi connectivity index (χ1n) is 7.34. The molecule has 0 aliphatic carbocycles. The van der Waals surface area contributed by atoms with Gasteiger partial charge in [-0.3, -0.25) is 0 Å². The first-order valence-corrected chi connectivity index (χ1v) is 8.13. The molecule has 0 fully saturated rings. The lowest BCUT2D eigenvalue weighted by Gasteiger charge is -2.10. The Labute approximate surface area is 144 Å². The van der Waals surface area contributed by atoms with Crippen molar-refractivity contribution in [3.63, 3.8) is 0 Å². The van der Waals surface area contributed by atoms with Gasteiger partial charge in [-0.05, 0) is 42.3 Å². The van der Waals surface area contributed by atoms with Gasteiger partial charge in [-0.2, -0.15) is 0 Å². The highest BCUT2D eigenvalue weighted by Crippen LogP contribution is 2.19. The molecule has 0 aliphatic heterocycles. The quantitative estimate of drug-likeness (QED) is 0.672. The number of hydrogen-bond acceptors (Lipinski definition) is 4. The van der Waals surface area contributed by atoms with Crippen molar-refractivity contribution in [3.05, 3.63) is 76.5 Å². The van der Waals surface area contributed by atoms with Crippen LogP contribution in [-0.4, -0.2) is 9.97 Å².